The molecule has 0 amide bonds. The van der Waals surface area contributed by atoms with Crippen LogP contribution in [-0.2, 0) is 5.33 Å². The molecule has 0 unspecified atom stereocenters. The Balaban J connectivity index is 2.75. The number of fused-ring (bicyclic) bond motifs is 1. The van der Waals surface area contributed by atoms with E-state index in [1.807, 2.05) is 6.07 Å². The first kappa shape index (κ1) is 8.66. The lowest BCUT2D eigenvalue weighted by molar-refractivity contribution is 1.34. The largest absolute Gasteiger partial charge is 0.196 e. The Hall–Kier alpha value is 0.0700. The summed E-state index contributed by atoms with van der Waals surface area (Å²) in [5.74, 6) is 0. The number of alkyl halides is 1. The number of nitrogens with zero attached hydrogens (tertiary/aromatic N) is 1. The fourth-order valence-corrected chi connectivity index (χ4v) is 2.79. The van der Waals surface area contributed by atoms with Crippen molar-refractivity contribution in [3.8, 4) is 0 Å². The molecule has 62 valence electrons. The zero-order valence-corrected chi connectivity index (χ0v) is 10.0. The highest BCUT2D eigenvalue weighted by atomic mass is 79.9. The normalized spacial score (nSPS) is 10.8. The van der Waals surface area contributed by atoms with Crippen LogP contribution in [0.3, 0.4) is 0 Å². The standard InChI is InChI=1S/C8H5Br2NS/c9-4-7-6-3-5(10)1-2-8(6)12-11-7/h1-3H,4H2. The molecule has 0 atom stereocenters. The van der Waals surface area contributed by atoms with Gasteiger partial charge < -0.3 is 0 Å². The molecule has 0 bridgehead atoms. The maximum absolute atomic E-state index is 4.33. The topological polar surface area (TPSA) is 12.9 Å². The van der Waals surface area contributed by atoms with Crippen LogP contribution < -0.4 is 0 Å². The van der Waals surface area contributed by atoms with Gasteiger partial charge in [0.1, 0.15) is 0 Å². The summed E-state index contributed by atoms with van der Waals surface area (Å²) in [6.45, 7) is 0. The van der Waals surface area contributed by atoms with Crippen molar-refractivity contribution in [2.24, 2.45) is 0 Å². The second-order valence-electron chi connectivity index (χ2n) is 2.40. The molecule has 0 aliphatic heterocycles. The molecule has 1 heterocycles. The van der Waals surface area contributed by atoms with Crippen LogP contribution in [0.2, 0.25) is 0 Å². The van der Waals surface area contributed by atoms with E-state index >= 15 is 0 Å². The maximum Gasteiger partial charge on any atom is 0.0726 e. The molecule has 1 aromatic carbocycles. The monoisotopic (exact) mass is 305 g/mol. The molecule has 0 aliphatic carbocycles. The number of hydrogen-bond donors (Lipinski definition) is 0. The van der Waals surface area contributed by atoms with Gasteiger partial charge in [0.05, 0.1) is 10.4 Å². The number of aromatic nitrogens is 1. The highest BCUT2D eigenvalue weighted by Gasteiger charge is 2.03. The second kappa shape index (κ2) is 3.44. The lowest BCUT2D eigenvalue weighted by atomic mass is 10.2. The van der Waals surface area contributed by atoms with Crippen molar-refractivity contribution < 1.29 is 0 Å². The Morgan fingerprint density at radius 3 is 3.00 bits per heavy atom. The Morgan fingerprint density at radius 2 is 2.25 bits per heavy atom. The van der Waals surface area contributed by atoms with Crippen LogP contribution in [0.25, 0.3) is 10.1 Å². The SMILES string of the molecule is BrCc1nsc2ccc(Br)cc12. The van der Waals surface area contributed by atoms with E-state index in [1.54, 1.807) is 11.5 Å². The summed E-state index contributed by atoms with van der Waals surface area (Å²) >= 11 is 8.40. The molecule has 0 radical (unpaired) electrons. The Labute approximate surface area is 91.2 Å². The minimum absolute atomic E-state index is 0.823. The Kier molecular flexibility index (Phi) is 2.48. The maximum atomic E-state index is 4.33. The van der Waals surface area contributed by atoms with Crippen molar-refractivity contribution in [2.45, 2.75) is 5.33 Å². The van der Waals surface area contributed by atoms with E-state index in [2.05, 4.69) is 48.4 Å². The molecule has 1 nitrogen and oxygen atoms in total. The second-order valence-corrected chi connectivity index (χ2v) is 4.68. The number of rotatable bonds is 1. The highest BCUT2D eigenvalue weighted by molar-refractivity contribution is 9.10. The smallest absolute Gasteiger partial charge is 0.0726 e. The third kappa shape index (κ3) is 1.43. The minimum Gasteiger partial charge on any atom is -0.196 e. The summed E-state index contributed by atoms with van der Waals surface area (Å²) in [4.78, 5) is 0. The van der Waals surface area contributed by atoms with Gasteiger partial charge in [-0.25, -0.2) is 0 Å². The summed E-state index contributed by atoms with van der Waals surface area (Å²) in [6, 6.07) is 6.23. The predicted octanol–water partition coefficient (Wildman–Crippen LogP) is 3.95. The van der Waals surface area contributed by atoms with Crippen LogP contribution in [0.5, 0.6) is 0 Å². The van der Waals surface area contributed by atoms with Gasteiger partial charge in [0.25, 0.3) is 0 Å². The fourth-order valence-electron chi connectivity index (χ4n) is 1.06. The summed E-state index contributed by atoms with van der Waals surface area (Å²) in [5.41, 5.74) is 1.12. The van der Waals surface area contributed by atoms with Crippen LogP contribution >= 0.6 is 43.4 Å². The molecular formula is C8H5Br2NS. The molecule has 0 saturated carbocycles. The number of halogens is 2. The van der Waals surface area contributed by atoms with Gasteiger partial charge in [0, 0.05) is 15.2 Å². The van der Waals surface area contributed by atoms with Crippen molar-refractivity contribution in [2.75, 3.05) is 0 Å². The van der Waals surface area contributed by atoms with Gasteiger partial charge in [-0.15, -0.1) is 0 Å². The lowest BCUT2D eigenvalue weighted by Crippen LogP contribution is -1.75. The first-order chi connectivity index (χ1) is 5.81. The zero-order valence-electron chi connectivity index (χ0n) is 6.05. The molecule has 2 aromatic rings. The van der Waals surface area contributed by atoms with Crippen molar-refractivity contribution in [1.82, 2.24) is 4.37 Å². The van der Waals surface area contributed by atoms with Crippen molar-refractivity contribution in [3.05, 3.63) is 28.4 Å². The quantitative estimate of drug-likeness (QED) is 0.727. The molecule has 0 fully saturated rings. The highest BCUT2D eigenvalue weighted by Crippen LogP contribution is 2.27. The van der Waals surface area contributed by atoms with Crippen LogP contribution in [0.15, 0.2) is 22.7 Å². The molecule has 12 heavy (non-hydrogen) atoms. The molecule has 2 rings (SSSR count). The number of benzene rings is 1. The minimum atomic E-state index is 0.823. The Morgan fingerprint density at radius 1 is 1.42 bits per heavy atom. The first-order valence-electron chi connectivity index (χ1n) is 3.41. The Bertz CT molecular complexity index is 410. The van der Waals surface area contributed by atoms with E-state index in [0.717, 1.165) is 15.5 Å². The predicted molar refractivity (Wildman–Crippen MR) is 60.0 cm³/mol. The van der Waals surface area contributed by atoms with E-state index in [0.29, 0.717) is 0 Å². The van der Waals surface area contributed by atoms with E-state index in [1.165, 1.54) is 10.1 Å². The molecule has 0 spiro atoms. The fraction of sp³-hybridized carbons (Fsp3) is 0.125. The average Bonchev–Trinajstić information content (AvgIpc) is 2.46. The van der Waals surface area contributed by atoms with Gasteiger partial charge >= 0.3 is 0 Å². The molecule has 4 heteroatoms. The summed E-state index contributed by atoms with van der Waals surface area (Å²) in [5, 5.41) is 2.06. The zero-order chi connectivity index (χ0) is 8.55. The van der Waals surface area contributed by atoms with E-state index < -0.39 is 0 Å². The van der Waals surface area contributed by atoms with Crippen molar-refractivity contribution in [1.29, 1.82) is 0 Å². The summed E-state index contributed by atoms with van der Waals surface area (Å²) in [6.07, 6.45) is 0. The van der Waals surface area contributed by atoms with E-state index in [9.17, 15) is 0 Å². The average molecular weight is 307 g/mol. The third-order valence-electron chi connectivity index (χ3n) is 1.63. The van der Waals surface area contributed by atoms with Gasteiger partial charge in [-0.05, 0) is 29.7 Å². The summed E-state index contributed by atoms with van der Waals surface area (Å²) in [7, 11) is 0. The van der Waals surface area contributed by atoms with Gasteiger partial charge in [-0.3, -0.25) is 0 Å². The third-order valence-corrected chi connectivity index (χ3v) is 3.52. The molecule has 0 saturated heterocycles. The van der Waals surface area contributed by atoms with Crippen LogP contribution in [-0.4, -0.2) is 4.37 Å². The number of hydrogen-bond acceptors (Lipinski definition) is 2. The van der Waals surface area contributed by atoms with Gasteiger partial charge in [0.15, 0.2) is 0 Å². The molecule has 1 aromatic heterocycles. The van der Waals surface area contributed by atoms with Crippen LogP contribution in [0.4, 0.5) is 0 Å². The van der Waals surface area contributed by atoms with Crippen LogP contribution in [0, 0.1) is 0 Å². The van der Waals surface area contributed by atoms with Crippen LogP contribution in [0.1, 0.15) is 5.69 Å². The van der Waals surface area contributed by atoms with E-state index in [4.69, 9.17) is 0 Å². The van der Waals surface area contributed by atoms with Crippen molar-refractivity contribution >= 4 is 53.5 Å². The summed E-state index contributed by atoms with van der Waals surface area (Å²) < 4.78 is 6.68. The van der Waals surface area contributed by atoms with E-state index in [-0.39, 0.29) is 0 Å². The van der Waals surface area contributed by atoms with Gasteiger partial charge in [-0.2, -0.15) is 4.37 Å². The molecule has 0 N–H and O–H groups in total. The lowest BCUT2D eigenvalue weighted by Gasteiger charge is -1.91. The van der Waals surface area contributed by atoms with Gasteiger partial charge in [-0.1, -0.05) is 31.9 Å². The van der Waals surface area contributed by atoms with Crippen molar-refractivity contribution in [3.63, 3.8) is 0 Å². The first-order valence-corrected chi connectivity index (χ1v) is 6.10. The molecule has 0 aliphatic rings. The molecular weight excluding hydrogens is 302 g/mol. The van der Waals surface area contributed by atoms with Gasteiger partial charge in [0.2, 0.25) is 0 Å².